The number of unbranched alkanes of at least 4 members (excludes halogenated alkanes) is 2. The van der Waals surface area contributed by atoms with Crippen LogP contribution < -0.4 is 0 Å². The van der Waals surface area contributed by atoms with Gasteiger partial charge >= 0.3 is 143 Å². The first-order valence-corrected chi connectivity index (χ1v) is 11.2. The van der Waals surface area contributed by atoms with Gasteiger partial charge in [-0.05, 0) is 0 Å². The minimum atomic E-state index is -0.564. The van der Waals surface area contributed by atoms with Gasteiger partial charge in [-0.25, -0.2) is 0 Å². The molecule has 114 valence electrons. The van der Waals surface area contributed by atoms with Crippen molar-refractivity contribution in [2.75, 3.05) is 0 Å². The molecule has 0 heterocycles. The first-order valence-electron chi connectivity index (χ1n) is 8.72. The van der Waals surface area contributed by atoms with Crippen LogP contribution in [0.1, 0.15) is 79.1 Å². The Hall–Kier alpha value is -0.157. The van der Waals surface area contributed by atoms with Crippen LogP contribution in [0, 0.1) is 0 Å². The summed E-state index contributed by atoms with van der Waals surface area (Å²) in [4.78, 5) is 0. The second-order valence-corrected chi connectivity index (χ2v) is 9.76. The van der Waals surface area contributed by atoms with Crippen molar-refractivity contribution in [2.45, 2.75) is 79.1 Å². The average Bonchev–Trinajstić information content (AvgIpc) is 2.99. The van der Waals surface area contributed by atoms with Gasteiger partial charge in [0.05, 0.1) is 0 Å². The van der Waals surface area contributed by atoms with Crippen molar-refractivity contribution in [1.82, 2.24) is 0 Å². The SMILES string of the molecule is CCCCC1=C(C)CC=[C]1[Zr][C]1=CCC(C)=C1CCCC. The van der Waals surface area contributed by atoms with E-state index in [4.69, 9.17) is 0 Å². The van der Waals surface area contributed by atoms with Crippen LogP contribution in [-0.4, -0.2) is 0 Å². The molecular formula is C20H30Zr. The first kappa shape index (κ1) is 17.2. The molecule has 2 aliphatic rings. The van der Waals surface area contributed by atoms with Crippen LogP contribution in [-0.2, 0) is 23.2 Å². The van der Waals surface area contributed by atoms with E-state index >= 15 is 0 Å². The Kier molecular flexibility index (Phi) is 6.94. The zero-order valence-corrected chi connectivity index (χ0v) is 16.8. The third-order valence-corrected chi connectivity index (χ3v) is 8.55. The van der Waals surface area contributed by atoms with Crippen molar-refractivity contribution in [3.05, 3.63) is 41.0 Å². The number of rotatable bonds is 8. The van der Waals surface area contributed by atoms with E-state index < -0.39 is 23.2 Å². The summed E-state index contributed by atoms with van der Waals surface area (Å²) in [6.45, 7) is 9.33. The van der Waals surface area contributed by atoms with Gasteiger partial charge in [-0.2, -0.15) is 0 Å². The zero-order chi connectivity index (χ0) is 15.2. The monoisotopic (exact) mass is 360 g/mol. The van der Waals surface area contributed by atoms with Crippen LogP contribution in [0.5, 0.6) is 0 Å². The van der Waals surface area contributed by atoms with Crippen LogP contribution in [0.2, 0.25) is 0 Å². The van der Waals surface area contributed by atoms with Crippen LogP contribution >= 0.6 is 0 Å². The maximum atomic E-state index is 2.57. The van der Waals surface area contributed by atoms with Crippen molar-refractivity contribution in [1.29, 1.82) is 0 Å². The molecule has 0 N–H and O–H groups in total. The molecule has 0 unspecified atom stereocenters. The second-order valence-electron chi connectivity index (χ2n) is 6.49. The Bertz CT molecular complexity index is 454. The van der Waals surface area contributed by atoms with E-state index in [0.717, 1.165) is 0 Å². The molecule has 0 radical (unpaired) electrons. The number of allylic oxidation sites excluding steroid dienone is 8. The van der Waals surface area contributed by atoms with E-state index in [2.05, 4.69) is 39.8 Å². The Balaban J connectivity index is 2.05. The molecule has 0 aromatic heterocycles. The first-order chi connectivity index (χ1) is 10.2. The van der Waals surface area contributed by atoms with Gasteiger partial charge in [0.2, 0.25) is 0 Å². The molecule has 0 aliphatic heterocycles. The molecular weight excluding hydrogens is 331 g/mol. The van der Waals surface area contributed by atoms with Crippen LogP contribution in [0.15, 0.2) is 41.0 Å². The summed E-state index contributed by atoms with van der Waals surface area (Å²) in [7, 11) is 0. The van der Waals surface area contributed by atoms with Gasteiger partial charge in [0, 0.05) is 0 Å². The molecule has 2 rings (SSSR count). The Labute approximate surface area is 143 Å². The van der Waals surface area contributed by atoms with E-state index in [1.807, 2.05) is 0 Å². The van der Waals surface area contributed by atoms with Gasteiger partial charge in [0.15, 0.2) is 0 Å². The summed E-state index contributed by atoms with van der Waals surface area (Å²) in [5.74, 6) is 0. The molecule has 0 saturated carbocycles. The maximum absolute atomic E-state index is 2.57. The molecule has 0 atom stereocenters. The van der Waals surface area contributed by atoms with Gasteiger partial charge in [-0.3, -0.25) is 0 Å². The van der Waals surface area contributed by atoms with Crippen molar-refractivity contribution in [3.8, 4) is 0 Å². The molecule has 21 heavy (non-hydrogen) atoms. The predicted octanol–water partition coefficient (Wildman–Crippen LogP) is 6.66. The molecule has 0 saturated heterocycles. The fourth-order valence-corrected chi connectivity index (χ4v) is 7.39. The predicted molar refractivity (Wildman–Crippen MR) is 89.9 cm³/mol. The van der Waals surface area contributed by atoms with Crippen LogP contribution in [0.4, 0.5) is 0 Å². The summed E-state index contributed by atoms with van der Waals surface area (Å²) < 4.78 is 3.61. The van der Waals surface area contributed by atoms with Crippen molar-refractivity contribution < 1.29 is 23.2 Å². The number of hydrogen-bond donors (Lipinski definition) is 0. The van der Waals surface area contributed by atoms with Crippen molar-refractivity contribution >= 4 is 0 Å². The normalized spacial score (nSPS) is 18.5. The van der Waals surface area contributed by atoms with E-state index in [9.17, 15) is 0 Å². The molecule has 0 amide bonds. The third-order valence-electron chi connectivity index (χ3n) is 4.74. The third kappa shape index (κ3) is 4.41. The quantitative estimate of drug-likeness (QED) is 0.453. The van der Waals surface area contributed by atoms with E-state index in [1.165, 1.54) is 51.4 Å². The summed E-state index contributed by atoms with van der Waals surface area (Å²) in [5, 5.41) is 0. The van der Waals surface area contributed by atoms with Gasteiger partial charge in [-0.1, -0.05) is 0 Å². The Morgan fingerprint density at radius 1 is 0.810 bits per heavy atom. The summed E-state index contributed by atoms with van der Waals surface area (Å²) in [5.41, 5.74) is 6.83. The molecule has 0 aromatic carbocycles. The van der Waals surface area contributed by atoms with Gasteiger partial charge < -0.3 is 0 Å². The number of hydrogen-bond acceptors (Lipinski definition) is 0. The van der Waals surface area contributed by atoms with Crippen LogP contribution in [0.25, 0.3) is 0 Å². The van der Waals surface area contributed by atoms with Crippen molar-refractivity contribution in [3.63, 3.8) is 0 Å². The minimum absolute atomic E-state index is 0.564. The van der Waals surface area contributed by atoms with Crippen LogP contribution in [0.3, 0.4) is 0 Å². The molecule has 0 bridgehead atoms. The topological polar surface area (TPSA) is 0 Å². The van der Waals surface area contributed by atoms with Crippen molar-refractivity contribution in [2.24, 2.45) is 0 Å². The molecule has 0 spiro atoms. The zero-order valence-electron chi connectivity index (χ0n) is 14.3. The van der Waals surface area contributed by atoms with Gasteiger partial charge in [0.25, 0.3) is 0 Å². The average molecular weight is 362 g/mol. The van der Waals surface area contributed by atoms with E-state index in [1.54, 1.807) is 28.9 Å². The molecule has 0 nitrogen and oxygen atoms in total. The molecule has 0 fully saturated rings. The van der Waals surface area contributed by atoms with E-state index in [-0.39, 0.29) is 0 Å². The molecule has 0 aromatic rings. The van der Waals surface area contributed by atoms with Gasteiger partial charge in [-0.15, -0.1) is 0 Å². The second kappa shape index (κ2) is 8.47. The standard InChI is InChI=1S/2C10H15.Zr/c2*1-3-4-7-10-8-5-6-9(10)2;/h2*5H,3-4,6-7H2,1-2H3;. The Morgan fingerprint density at radius 2 is 1.24 bits per heavy atom. The summed E-state index contributed by atoms with van der Waals surface area (Å²) >= 11 is -0.564. The Morgan fingerprint density at radius 3 is 1.62 bits per heavy atom. The fraction of sp³-hybridized carbons (Fsp3) is 0.600. The fourth-order valence-electron chi connectivity index (χ4n) is 3.26. The molecule has 2 aliphatic carbocycles. The van der Waals surface area contributed by atoms with E-state index in [0.29, 0.717) is 0 Å². The van der Waals surface area contributed by atoms with Gasteiger partial charge in [0.1, 0.15) is 0 Å². The summed E-state index contributed by atoms with van der Waals surface area (Å²) in [6, 6.07) is 0. The summed E-state index contributed by atoms with van der Waals surface area (Å²) in [6.07, 6.45) is 15.6. The molecule has 1 heteroatoms.